The number of nitrogens with zero attached hydrogens (tertiary/aromatic N) is 1. The Kier molecular flexibility index (Phi) is 4.60. The van der Waals surface area contributed by atoms with E-state index in [0.717, 1.165) is 24.3 Å². The van der Waals surface area contributed by atoms with Gasteiger partial charge in [0.15, 0.2) is 0 Å². The smallest absolute Gasteiger partial charge is 0.0479 e. The second kappa shape index (κ2) is 6.21. The first kappa shape index (κ1) is 14.1. The summed E-state index contributed by atoms with van der Waals surface area (Å²) in [5.74, 6) is 0. The molecule has 1 heterocycles. The first-order chi connectivity index (χ1) is 9.22. The Morgan fingerprint density at radius 1 is 1.00 bits per heavy atom. The maximum absolute atomic E-state index is 6.05. The molecule has 19 heavy (non-hydrogen) atoms. The molecule has 3 rings (SSSR count). The van der Waals surface area contributed by atoms with Crippen molar-refractivity contribution in [2.45, 2.75) is 40.0 Å². The molecule has 0 N–H and O–H groups in total. The highest BCUT2D eigenvalue weighted by Crippen LogP contribution is 2.25. The molecule has 1 aromatic carbocycles. The molecular formula is C17H20ClN. The van der Waals surface area contributed by atoms with Crippen molar-refractivity contribution in [3.05, 3.63) is 63.4 Å². The lowest BCUT2D eigenvalue weighted by molar-refractivity contribution is 0.947. The number of aromatic nitrogens is 1. The van der Waals surface area contributed by atoms with Gasteiger partial charge in [0.2, 0.25) is 0 Å². The average molecular weight is 274 g/mol. The van der Waals surface area contributed by atoms with Gasteiger partial charge in [0, 0.05) is 23.3 Å². The molecule has 0 aliphatic heterocycles. The first-order valence-electron chi connectivity index (χ1n) is 6.94. The molecule has 0 spiro atoms. The van der Waals surface area contributed by atoms with E-state index < -0.39 is 0 Å². The van der Waals surface area contributed by atoms with Crippen LogP contribution in [0, 0.1) is 6.92 Å². The Labute approximate surface area is 120 Å². The van der Waals surface area contributed by atoms with Gasteiger partial charge in [0.05, 0.1) is 0 Å². The van der Waals surface area contributed by atoms with E-state index in [1.54, 1.807) is 0 Å². The van der Waals surface area contributed by atoms with Gasteiger partial charge in [-0.1, -0.05) is 37.6 Å². The number of benzene rings is 1. The van der Waals surface area contributed by atoms with Crippen LogP contribution in [0.4, 0.5) is 0 Å². The van der Waals surface area contributed by atoms with Gasteiger partial charge in [-0.05, 0) is 54.2 Å². The minimum Gasteiger partial charge on any atom is -0.260 e. The second-order valence-electron chi connectivity index (χ2n) is 4.71. The normalized spacial score (nSPS) is 12.6. The fourth-order valence-corrected chi connectivity index (χ4v) is 2.68. The van der Waals surface area contributed by atoms with Crippen LogP contribution in [0.15, 0.2) is 30.5 Å². The summed E-state index contributed by atoms with van der Waals surface area (Å²) in [4.78, 5) is 4.57. The van der Waals surface area contributed by atoms with Crippen molar-refractivity contribution >= 4 is 11.6 Å². The van der Waals surface area contributed by atoms with Crippen LogP contribution in [0.25, 0.3) is 0 Å². The molecule has 0 radical (unpaired) electrons. The second-order valence-corrected chi connectivity index (χ2v) is 5.14. The van der Waals surface area contributed by atoms with Gasteiger partial charge in [0.1, 0.15) is 0 Å². The lowest BCUT2D eigenvalue weighted by Crippen LogP contribution is -1.97. The fourth-order valence-electron chi connectivity index (χ4n) is 2.48. The van der Waals surface area contributed by atoms with Crippen LogP contribution in [0.5, 0.6) is 0 Å². The molecule has 0 atom stereocenters. The highest BCUT2D eigenvalue weighted by molar-refractivity contribution is 6.30. The van der Waals surface area contributed by atoms with Crippen LogP contribution in [0.3, 0.4) is 0 Å². The molecule has 0 amide bonds. The minimum absolute atomic E-state index is 0.832. The predicted molar refractivity (Wildman–Crippen MR) is 82.0 cm³/mol. The molecule has 1 aliphatic rings. The Morgan fingerprint density at radius 2 is 1.74 bits per heavy atom. The van der Waals surface area contributed by atoms with Gasteiger partial charge in [-0.25, -0.2) is 0 Å². The summed E-state index contributed by atoms with van der Waals surface area (Å²) in [6.45, 7) is 6.10. The van der Waals surface area contributed by atoms with Crippen molar-refractivity contribution in [2.75, 3.05) is 0 Å². The van der Waals surface area contributed by atoms with Crippen molar-refractivity contribution in [1.82, 2.24) is 4.98 Å². The molecule has 1 aliphatic carbocycles. The average Bonchev–Trinajstić information content (AvgIpc) is 2.60. The zero-order chi connectivity index (χ0) is 13.8. The van der Waals surface area contributed by atoms with E-state index in [1.165, 1.54) is 27.9 Å². The molecular weight excluding hydrogens is 254 g/mol. The van der Waals surface area contributed by atoms with Crippen LogP contribution in [0.2, 0.25) is 5.02 Å². The monoisotopic (exact) mass is 273 g/mol. The van der Waals surface area contributed by atoms with E-state index in [2.05, 4.69) is 30.1 Å². The highest BCUT2D eigenvalue weighted by Gasteiger charge is 2.14. The number of halogens is 1. The SMILES string of the molecule is CC.Cc1cnc2c(c1)CCc1cc(Cl)ccc1C2. The van der Waals surface area contributed by atoms with E-state index in [1.807, 2.05) is 26.1 Å². The maximum atomic E-state index is 6.05. The largest absolute Gasteiger partial charge is 0.260 e. The number of rotatable bonds is 0. The van der Waals surface area contributed by atoms with Crippen molar-refractivity contribution < 1.29 is 0 Å². The number of aryl methyl sites for hydroxylation is 3. The van der Waals surface area contributed by atoms with Crippen LogP contribution in [0.1, 0.15) is 41.8 Å². The van der Waals surface area contributed by atoms with E-state index in [-0.39, 0.29) is 0 Å². The molecule has 0 fully saturated rings. The summed E-state index contributed by atoms with van der Waals surface area (Å²) in [6.07, 6.45) is 5.02. The van der Waals surface area contributed by atoms with Crippen LogP contribution in [-0.2, 0) is 19.3 Å². The summed E-state index contributed by atoms with van der Waals surface area (Å²) < 4.78 is 0. The van der Waals surface area contributed by atoms with E-state index in [4.69, 9.17) is 11.6 Å². The zero-order valence-corrected chi connectivity index (χ0v) is 12.6. The summed E-state index contributed by atoms with van der Waals surface area (Å²) >= 11 is 6.05. The van der Waals surface area contributed by atoms with E-state index in [9.17, 15) is 0 Å². The topological polar surface area (TPSA) is 12.9 Å². The van der Waals surface area contributed by atoms with Gasteiger partial charge >= 0.3 is 0 Å². The lowest BCUT2D eigenvalue weighted by Gasteiger charge is -2.06. The van der Waals surface area contributed by atoms with Crippen molar-refractivity contribution in [1.29, 1.82) is 0 Å². The molecule has 0 saturated carbocycles. The number of hydrogen-bond acceptors (Lipinski definition) is 1. The highest BCUT2D eigenvalue weighted by atomic mass is 35.5. The number of pyridine rings is 1. The molecule has 0 unspecified atom stereocenters. The maximum Gasteiger partial charge on any atom is 0.0479 e. The number of fused-ring (bicyclic) bond motifs is 2. The third-order valence-electron chi connectivity index (χ3n) is 3.39. The molecule has 0 bridgehead atoms. The summed E-state index contributed by atoms with van der Waals surface area (Å²) in [5.41, 5.74) is 6.58. The van der Waals surface area contributed by atoms with Crippen LogP contribution in [-0.4, -0.2) is 4.98 Å². The van der Waals surface area contributed by atoms with Gasteiger partial charge in [-0.3, -0.25) is 4.98 Å². The van der Waals surface area contributed by atoms with Crippen LogP contribution >= 0.6 is 11.6 Å². The third-order valence-corrected chi connectivity index (χ3v) is 3.62. The summed E-state index contributed by atoms with van der Waals surface area (Å²) in [5, 5.41) is 0.832. The lowest BCUT2D eigenvalue weighted by atomic mass is 10.0. The van der Waals surface area contributed by atoms with Gasteiger partial charge in [-0.15, -0.1) is 0 Å². The molecule has 2 aromatic rings. The molecule has 1 aromatic heterocycles. The van der Waals surface area contributed by atoms with Crippen molar-refractivity contribution in [3.63, 3.8) is 0 Å². The summed E-state index contributed by atoms with van der Waals surface area (Å²) in [7, 11) is 0. The first-order valence-corrected chi connectivity index (χ1v) is 7.32. The Morgan fingerprint density at radius 3 is 2.53 bits per heavy atom. The minimum atomic E-state index is 0.832. The quantitative estimate of drug-likeness (QED) is 0.674. The van der Waals surface area contributed by atoms with Crippen molar-refractivity contribution in [2.24, 2.45) is 0 Å². The van der Waals surface area contributed by atoms with Crippen LogP contribution < -0.4 is 0 Å². The Bertz CT molecular complexity index is 524. The molecule has 0 saturated heterocycles. The Balaban J connectivity index is 0.000000637. The number of hydrogen-bond donors (Lipinski definition) is 0. The fraction of sp³-hybridized carbons (Fsp3) is 0.353. The van der Waals surface area contributed by atoms with Crippen molar-refractivity contribution in [3.8, 4) is 0 Å². The third kappa shape index (κ3) is 3.16. The molecule has 2 heteroatoms. The molecule has 100 valence electrons. The predicted octanol–water partition coefficient (Wildman–Crippen LogP) is 4.76. The zero-order valence-electron chi connectivity index (χ0n) is 11.8. The van der Waals surface area contributed by atoms with Gasteiger partial charge in [0.25, 0.3) is 0 Å². The van der Waals surface area contributed by atoms with Gasteiger partial charge < -0.3 is 0 Å². The molecule has 1 nitrogen and oxygen atoms in total. The van der Waals surface area contributed by atoms with Gasteiger partial charge in [-0.2, -0.15) is 0 Å². The standard InChI is InChI=1S/C15H14ClN.C2H6/c1-10-6-13-3-2-11-7-14(16)5-4-12(11)8-15(13)17-9-10;1-2/h4-7,9H,2-3,8H2,1H3;1-2H3. The summed E-state index contributed by atoms with van der Waals surface area (Å²) in [6, 6.07) is 8.46. The Hall–Kier alpha value is -1.34. The van der Waals surface area contributed by atoms with E-state index in [0.29, 0.717) is 0 Å². The van der Waals surface area contributed by atoms with E-state index >= 15 is 0 Å².